The van der Waals surface area contributed by atoms with Gasteiger partial charge in [-0.15, -0.1) is 0 Å². The summed E-state index contributed by atoms with van der Waals surface area (Å²) in [6.07, 6.45) is 2.38. The van der Waals surface area contributed by atoms with E-state index in [1.54, 1.807) is 12.2 Å². The zero-order valence-electron chi connectivity index (χ0n) is 5.36. The molecule has 0 spiro atoms. The summed E-state index contributed by atoms with van der Waals surface area (Å²) in [6.45, 7) is 0. The standard InChI is InChI=1S/C6H9NO3/c7-4-1-2-5(3-4)10-6(8)9/h1-2,4-5H,3,7H2,(H,8,9). The van der Waals surface area contributed by atoms with Crippen molar-refractivity contribution >= 4 is 6.16 Å². The summed E-state index contributed by atoms with van der Waals surface area (Å²) >= 11 is 0. The monoisotopic (exact) mass is 143 g/mol. The number of carboxylic acid groups (broad SMARTS) is 1. The molecule has 0 aromatic carbocycles. The van der Waals surface area contributed by atoms with Crippen LogP contribution in [-0.4, -0.2) is 23.4 Å². The van der Waals surface area contributed by atoms with Crippen LogP contribution < -0.4 is 5.73 Å². The SMILES string of the molecule is NC1C=CC(OC(=O)O)C1. The summed E-state index contributed by atoms with van der Waals surface area (Å²) in [5.74, 6) is 0. The van der Waals surface area contributed by atoms with Gasteiger partial charge in [0.25, 0.3) is 0 Å². The Balaban J connectivity index is 2.33. The lowest BCUT2D eigenvalue weighted by molar-refractivity contribution is 0.0683. The van der Waals surface area contributed by atoms with E-state index in [1.807, 2.05) is 0 Å². The van der Waals surface area contributed by atoms with Crippen molar-refractivity contribution in [2.24, 2.45) is 5.73 Å². The molecule has 4 nitrogen and oxygen atoms in total. The third kappa shape index (κ3) is 1.73. The predicted molar refractivity (Wildman–Crippen MR) is 34.6 cm³/mol. The quantitative estimate of drug-likeness (QED) is 0.410. The van der Waals surface area contributed by atoms with E-state index in [-0.39, 0.29) is 12.1 Å². The fourth-order valence-corrected chi connectivity index (χ4v) is 0.909. The van der Waals surface area contributed by atoms with E-state index in [0.29, 0.717) is 6.42 Å². The van der Waals surface area contributed by atoms with Gasteiger partial charge in [-0.3, -0.25) is 0 Å². The van der Waals surface area contributed by atoms with Crippen LogP contribution in [0.5, 0.6) is 0 Å². The van der Waals surface area contributed by atoms with Crippen LogP contribution in [0.4, 0.5) is 4.79 Å². The molecule has 2 unspecified atom stereocenters. The average molecular weight is 143 g/mol. The number of ether oxygens (including phenoxy) is 1. The molecule has 0 radical (unpaired) electrons. The number of carbonyl (C=O) groups is 1. The minimum Gasteiger partial charge on any atom is -0.450 e. The van der Waals surface area contributed by atoms with E-state index in [9.17, 15) is 4.79 Å². The zero-order valence-corrected chi connectivity index (χ0v) is 5.36. The molecule has 0 bridgehead atoms. The van der Waals surface area contributed by atoms with E-state index < -0.39 is 6.16 Å². The molecular weight excluding hydrogens is 134 g/mol. The Bertz CT molecular complexity index is 166. The van der Waals surface area contributed by atoms with Crippen molar-refractivity contribution < 1.29 is 14.6 Å². The fraction of sp³-hybridized carbons (Fsp3) is 0.500. The molecule has 1 aliphatic carbocycles. The molecule has 0 amide bonds. The van der Waals surface area contributed by atoms with Crippen LogP contribution in [-0.2, 0) is 4.74 Å². The maximum atomic E-state index is 9.97. The Morgan fingerprint density at radius 1 is 1.70 bits per heavy atom. The molecule has 1 aliphatic rings. The van der Waals surface area contributed by atoms with E-state index >= 15 is 0 Å². The predicted octanol–water partition coefficient (Wildman–Crippen LogP) is 0.337. The molecule has 4 heteroatoms. The second-order valence-electron chi connectivity index (χ2n) is 2.21. The van der Waals surface area contributed by atoms with Gasteiger partial charge in [0.1, 0.15) is 6.10 Å². The second-order valence-corrected chi connectivity index (χ2v) is 2.21. The minimum absolute atomic E-state index is 0.0515. The van der Waals surface area contributed by atoms with Crippen LogP contribution in [0.25, 0.3) is 0 Å². The van der Waals surface area contributed by atoms with Gasteiger partial charge in [-0.1, -0.05) is 6.08 Å². The molecule has 0 aromatic rings. The van der Waals surface area contributed by atoms with E-state index in [0.717, 1.165) is 0 Å². The van der Waals surface area contributed by atoms with Crippen molar-refractivity contribution in [2.45, 2.75) is 18.6 Å². The fourth-order valence-electron chi connectivity index (χ4n) is 0.909. The van der Waals surface area contributed by atoms with E-state index in [4.69, 9.17) is 10.8 Å². The van der Waals surface area contributed by atoms with Gasteiger partial charge in [0.05, 0.1) is 0 Å². The van der Waals surface area contributed by atoms with Crippen LogP contribution in [0, 0.1) is 0 Å². The highest BCUT2D eigenvalue weighted by Crippen LogP contribution is 2.11. The first-order valence-corrected chi connectivity index (χ1v) is 3.02. The molecule has 0 saturated heterocycles. The third-order valence-electron chi connectivity index (χ3n) is 1.33. The lowest BCUT2D eigenvalue weighted by Gasteiger charge is -2.06. The topological polar surface area (TPSA) is 72.5 Å². The molecule has 0 fully saturated rings. The lowest BCUT2D eigenvalue weighted by atomic mass is 10.2. The molecule has 2 atom stereocenters. The summed E-state index contributed by atoms with van der Waals surface area (Å²) in [4.78, 5) is 9.97. The van der Waals surface area contributed by atoms with E-state index in [1.165, 1.54) is 0 Å². The summed E-state index contributed by atoms with van der Waals surface area (Å²) in [7, 11) is 0. The molecule has 3 N–H and O–H groups in total. The van der Waals surface area contributed by atoms with Crippen molar-refractivity contribution in [1.29, 1.82) is 0 Å². The Hall–Kier alpha value is -1.03. The normalized spacial score (nSPS) is 30.5. The molecule has 0 aromatic heterocycles. The first-order valence-electron chi connectivity index (χ1n) is 3.02. The van der Waals surface area contributed by atoms with Crippen molar-refractivity contribution in [3.63, 3.8) is 0 Å². The molecular formula is C6H9NO3. The van der Waals surface area contributed by atoms with Gasteiger partial charge < -0.3 is 15.6 Å². The highest BCUT2D eigenvalue weighted by Gasteiger charge is 2.18. The van der Waals surface area contributed by atoms with Crippen LogP contribution in [0.3, 0.4) is 0 Å². The van der Waals surface area contributed by atoms with Crippen LogP contribution in [0.2, 0.25) is 0 Å². The Kier molecular flexibility index (Phi) is 1.91. The smallest absolute Gasteiger partial charge is 0.450 e. The van der Waals surface area contributed by atoms with Crippen molar-refractivity contribution in [3.05, 3.63) is 12.2 Å². The van der Waals surface area contributed by atoms with Gasteiger partial charge in [-0.25, -0.2) is 4.79 Å². The first-order chi connectivity index (χ1) is 4.68. The second kappa shape index (κ2) is 2.70. The summed E-state index contributed by atoms with van der Waals surface area (Å²) in [6, 6.07) is -0.0515. The number of nitrogens with two attached hydrogens (primary N) is 1. The summed E-state index contributed by atoms with van der Waals surface area (Å²) in [5, 5.41) is 8.16. The highest BCUT2D eigenvalue weighted by atomic mass is 16.7. The van der Waals surface area contributed by atoms with Crippen molar-refractivity contribution in [3.8, 4) is 0 Å². The largest absolute Gasteiger partial charge is 0.506 e. The van der Waals surface area contributed by atoms with Gasteiger partial charge in [0, 0.05) is 12.5 Å². The van der Waals surface area contributed by atoms with Gasteiger partial charge >= 0.3 is 6.16 Å². The molecule has 1 rings (SSSR count). The molecule has 56 valence electrons. The average Bonchev–Trinajstić information content (AvgIpc) is 2.13. The van der Waals surface area contributed by atoms with Crippen molar-refractivity contribution in [1.82, 2.24) is 0 Å². The number of hydrogen-bond acceptors (Lipinski definition) is 3. The molecule has 0 saturated carbocycles. The maximum absolute atomic E-state index is 9.97. The van der Waals surface area contributed by atoms with Gasteiger partial charge in [0.15, 0.2) is 0 Å². The van der Waals surface area contributed by atoms with Crippen molar-refractivity contribution in [2.75, 3.05) is 0 Å². The Morgan fingerprint density at radius 3 is 2.80 bits per heavy atom. The van der Waals surface area contributed by atoms with Crippen LogP contribution in [0.15, 0.2) is 12.2 Å². The maximum Gasteiger partial charge on any atom is 0.506 e. The zero-order chi connectivity index (χ0) is 7.56. The van der Waals surface area contributed by atoms with E-state index in [2.05, 4.69) is 4.74 Å². The van der Waals surface area contributed by atoms with Gasteiger partial charge in [-0.05, 0) is 6.08 Å². The number of hydrogen-bond donors (Lipinski definition) is 2. The first kappa shape index (κ1) is 7.08. The Labute approximate surface area is 58.3 Å². The molecule has 0 heterocycles. The summed E-state index contributed by atoms with van der Waals surface area (Å²) < 4.78 is 4.43. The highest BCUT2D eigenvalue weighted by molar-refractivity contribution is 5.57. The van der Waals surface area contributed by atoms with Crippen LogP contribution >= 0.6 is 0 Å². The van der Waals surface area contributed by atoms with Gasteiger partial charge in [-0.2, -0.15) is 0 Å². The lowest BCUT2D eigenvalue weighted by Crippen LogP contribution is -2.20. The van der Waals surface area contributed by atoms with Crippen LogP contribution in [0.1, 0.15) is 6.42 Å². The summed E-state index contributed by atoms with van der Waals surface area (Å²) in [5.41, 5.74) is 5.44. The molecule has 10 heavy (non-hydrogen) atoms. The van der Waals surface area contributed by atoms with Gasteiger partial charge in [0.2, 0.25) is 0 Å². The Morgan fingerprint density at radius 2 is 2.40 bits per heavy atom. The third-order valence-corrected chi connectivity index (χ3v) is 1.33. The minimum atomic E-state index is -1.25. The molecule has 0 aliphatic heterocycles. The number of rotatable bonds is 1.